The average molecular weight is 292 g/mol. The van der Waals surface area contributed by atoms with Gasteiger partial charge in [-0.2, -0.15) is 5.10 Å². The number of hydrogen-bond donors (Lipinski definition) is 0. The SMILES string of the molecule is COC[C@@H]1c2c(cnn2C)CCN1Cc1scnc1C. The van der Waals surface area contributed by atoms with Crippen molar-refractivity contribution in [2.24, 2.45) is 7.05 Å². The summed E-state index contributed by atoms with van der Waals surface area (Å²) in [5, 5.41) is 4.40. The van der Waals surface area contributed by atoms with Gasteiger partial charge in [0.1, 0.15) is 0 Å². The number of ether oxygens (including phenoxy) is 1. The van der Waals surface area contributed by atoms with E-state index in [1.54, 1.807) is 18.4 Å². The van der Waals surface area contributed by atoms with E-state index in [1.807, 2.05) is 23.4 Å². The van der Waals surface area contributed by atoms with Crippen molar-refractivity contribution in [1.82, 2.24) is 19.7 Å². The van der Waals surface area contributed by atoms with E-state index in [1.165, 1.54) is 16.1 Å². The van der Waals surface area contributed by atoms with Gasteiger partial charge in [-0.25, -0.2) is 4.98 Å². The first-order chi connectivity index (χ1) is 9.70. The smallest absolute Gasteiger partial charge is 0.0798 e. The molecule has 3 heterocycles. The van der Waals surface area contributed by atoms with E-state index in [4.69, 9.17) is 4.74 Å². The van der Waals surface area contributed by atoms with Crippen molar-refractivity contribution in [3.05, 3.63) is 33.5 Å². The summed E-state index contributed by atoms with van der Waals surface area (Å²) in [5.41, 5.74) is 5.71. The molecule has 108 valence electrons. The molecule has 0 aliphatic carbocycles. The van der Waals surface area contributed by atoms with Gasteiger partial charge in [0.05, 0.1) is 35.7 Å². The number of aryl methyl sites for hydroxylation is 2. The van der Waals surface area contributed by atoms with Crippen LogP contribution in [0.2, 0.25) is 0 Å². The number of thiazole rings is 1. The lowest BCUT2D eigenvalue weighted by Gasteiger charge is -2.35. The van der Waals surface area contributed by atoms with E-state index in [0.29, 0.717) is 6.61 Å². The molecule has 20 heavy (non-hydrogen) atoms. The summed E-state index contributed by atoms with van der Waals surface area (Å²) in [5.74, 6) is 0. The Morgan fingerprint density at radius 3 is 3.05 bits per heavy atom. The Bertz CT molecular complexity index is 592. The molecule has 1 aliphatic rings. The van der Waals surface area contributed by atoms with Crippen LogP contribution in [0.3, 0.4) is 0 Å². The van der Waals surface area contributed by atoms with Crippen molar-refractivity contribution >= 4 is 11.3 Å². The van der Waals surface area contributed by atoms with Crippen LogP contribution in [-0.4, -0.2) is 39.9 Å². The van der Waals surface area contributed by atoms with Gasteiger partial charge in [-0.05, 0) is 18.9 Å². The largest absolute Gasteiger partial charge is 0.383 e. The second-order valence-corrected chi connectivity index (χ2v) is 6.17. The first-order valence-electron chi connectivity index (χ1n) is 6.83. The number of hydrogen-bond acceptors (Lipinski definition) is 5. The molecule has 0 saturated carbocycles. The maximum atomic E-state index is 5.45. The second kappa shape index (κ2) is 5.63. The monoisotopic (exact) mass is 292 g/mol. The van der Waals surface area contributed by atoms with E-state index >= 15 is 0 Å². The Balaban J connectivity index is 1.88. The van der Waals surface area contributed by atoms with Gasteiger partial charge in [-0.15, -0.1) is 11.3 Å². The molecule has 0 aromatic carbocycles. The molecule has 6 heteroatoms. The topological polar surface area (TPSA) is 43.2 Å². The molecule has 0 N–H and O–H groups in total. The van der Waals surface area contributed by atoms with Crippen LogP contribution in [0.15, 0.2) is 11.7 Å². The zero-order valence-electron chi connectivity index (χ0n) is 12.2. The molecule has 2 aromatic heterocycles. The van der Waals surface area contributed by atoms with Crippen LogP contribution in [0.4, 0.5) is 0 Å². The maximum absolute atomic E-state index is 5.45. The summed E-state index contributed by atoms with van der Waals surface area (Å²) in [4.78, 5) is 8.17. The number of nitrogens with zero attached hydrogens (tertiary/aromatic N) is 4. The first kappa shape index (κ1) is 13.7. The maximum Gasteiger partial charge on any atom is 0.0798 e. The number of rotatable bonds is 4. The molecular formula is C14H20N4OS. The van der Waals surface area contributed by atoms with Gasteiger partial charge in [0, 0.05) is 32.1 Å². The third-order valence-electron chi connectivity index (χ3n) is 4.01. The standard InChI is InChI=1S/C14H20N4OS/c1-10-13(20-9-15-10)7-18-5-4-11-6-16-17(2)14(11)12(18)8-19-3/h6,9,12H,4-5,7-8H2,1-3H3/t12-/m1/s1. The van der Waals surface area contributed by atoms with Crippen LogP contribution < -0.4 is 0 Å². The number of fused-ring (bicyclic) bond motifs is 1. The lowest BCUT2D eigenvalue weighted by molar-refractivity contribution is 0.0739. The molecule has 0 amide bonds. The first-order valence-corrected chi connectivity index (χ1v) is 7.71. The van der Waals surface area contributed by atoms with Gasteiger partial charge in [0.2, 0.25) is 0 Å². The fourth-order valence-corrected chi connectivity index (χ4v) is 3.70. The van der Waals surface area contributed by atoms with Crippen molar-refractivity contribution in [3.63, 3.8) is 0 Å². The lowest BCUT2D eigenvalue weighted by atomic mass is 10.00. The average Bonchev–Trinajstić information content (AvgIpc) is 3.00. The Morgan fingerprint density at radius 2 is 2.35 bits per heavy atom. The van der Waals surface area contributed by atoms with E-state index < -0.39 is 0 Å². The van der Waals surface area contributed by atoms with Crippen molar-refractivity contribution in [1.29, 1.82) is 0 Å². The Kier molecular flexibility index (Phi) is 3.87. The zero-order chi connectivity index (χ0) is 14.1. The van der Waals surface area contributed by atoms with Crippen LogP contribution in [0.5, 0.6) is 0 Å². The minimum Gasteiger partial charge on any atom is -0.383 e. The molecule has 0 saturated heterocycles. The quantitative estimate of drug-likeness (QED) is 0.863. The van der Waals surface area contributed by atoms with Crippen molar-refractivity contribution in [2.45, 2.75) is 25.9 Å². The molecule has 0 radical (unpaired) electrons. The summed E-state index contributed by atoms with van der Waals surface area (Å²) in [6.45, 7) is 4.76. The summed E-state index contributed by atoms with van der Waals surface area (Å²) < 4.78 is 7.44. The van der Waals surface area contributed by atoms with Crippen LogP contribution >= 0.6 is 11.3 Å². The predicted octanol–water partition coefficient (Wildman–Crippen LogP) is 1.93. The van der Waals surface area contributed by atoms with Gasteiger partial charge >= 0.3 is 0 Å². The highest BCUT2D eigenvalue weighted by atomic mass is 32.1. The molecule has 2 aromatic rings. The number of methoxy groups -OCH3 is 1. The van der Waals surface area contributed by atoms with E-state index in [-0.39, 0.29) is 6.04 Å². The van der Waals surface area contributed by atoms with Crippen molar-refractivity contribution in [2.75, 3.05) is 20.3 Å². The Hall–Kier alpha value is -1.24. The number of aromatic nitrogens is 3. The van der Waals surface area contributed by atoms with Crippen molar-refractivity contribution < 1.29 is 4.74 Å². The molecule has 0 unspecified atom stereocenters. The molecule has 0 spiro atoms. The Morgan fingerprint density at radius 1 is 1.50 bits per heavy atom. The molecule has 5 nitrogen and oxygen atoms in total. The summed E-state index contributed by atoms with van der Waals surface area (Å²) >= 11 is 1.73. The van der Waals surface area contributed by atoms with Crippen LogP contribution in [0, 0.1) is 6.92 Å². The Labute approximate surface area is 123 Å². The fourth-order valence-electron chi connectivity index (χ4n) is 2.90. The van der Waals surface area contributed by atoms with Gasteiger partial charge in [-0.3, -0.25) is 9.58 Å². The molecule has 1 aliphatic heterocycles. The third-order valence-corrected chi connectivity index (χ3v) is 4.93. The van der Waals surface area contributed by atoms with Gasteiger partial charge in [0.25, 0.3) is 0 Å². The summed E-state index contributed by atoms with van der Waals surface area (Å²) in [6, 6.07) is 0.276. The third kappa shape index (κ3) is 2.39. The molecule has 3 rings (SSSR count). The minimum atomic E-state index is 0.276. The van der Waals surface area contributed by atoms with Crippen LogP contribution in [0.25, 0.3) is 0 Å². The molecule has 0 fully saturated rings. The molecular weight excluding hydrogens is 272 g/mol. The van der Waals surface area contributed by atoms with E-state index in [2.05, 4.69) is 21.9 Å². The second-order valence-electron chi connectivity index (χ2n) is 5.23. The van der Waals surface area contributed by atoms with Gasteiger partial charge in [-0.1, -0.05) is 0 Å². The predicted molar refractivity (Wildman–Crippen MR) is 78.8 cm³/mol. The van der Waals surface area contributed by atoms with E-state index in [9.17, 15) is 0 Å². The van der Waals surface area contributed by atoms with Crippen molar-refractivity contribution in [3.8, 4) is 0 Å². The lowest BCUT2D eigenvalue weighted by Crippen LogP contribution is -2.38. The highest BCUT2D eigenvalue weighted by molar-refractivity contribution is 7.09. The van der Waals surface area contributed by atoms with Crippen LogP contribution in [0.1, 0.15) is 27.9 Å². The molecule has 0 bridgehead atoms. The minimum absolute atomic E-state index is 0.276. The highest BCUT2D eigenvalue weighted by Crippen LogP contribution is 2.31. The summed E-state index contributed by atoms with van der Waals surface area (Å²) in [7, 11) is 3.78. The van der Waals surface area contributed by atoms with Gasteiger partial charge < -0.3 is 4.74 Å². The fraction of sp³-hybridized carbons (Fsp3) is 0.571. The highest BCUT2D eigenvalue weighted by Gasteiger charge is 2.30. The normalized spacial score (nSPS) is 19.2. The molecule has 1 atom stereocenters. The zero-order valence-corrected chi connectivity index (χ0v) is 13.0. The van der Waals surface area contributed by atoms with Gasteiger partial charge in [0.15, 0.2) is 0 Å². The van der Waals surface area contributed by atoms with Crippen LogP contribution in [-0.2, 0) is 24.8 Å². The van der Waals surface area contributed by atoms with E-state index in [0.717, 1.165) is 25.2 Å². The summed E-state index contributed by atoms with van der Waals surface area (Å²) in [6.07, 6.45) is 3.05.